The van der Waals surface area contributed by atoms with Crippen LogP contribution in [-0.2, 0) is 0 Å². The van der Waals surface area contributed by atoms with Gasteiger partial charge in [0, 0.05) is 18.6 Å². The van der Waals surface area contributed by atoms with Crippen molar-refractivity contribution in [1.82, 2.24) is 10.2 Å². The van der Waals surface area contributed by atoms with Gasteiger partial charge in [0.1, 0.15) is 6.61 Å². The number of rotatable bonds is 2. The van der Waals surface area contributed by atoms with Gasteiger partial charge in [-0.1, -0.05) is 11.8 Å². The lowest BCUT2D eigenvalue weighted by atomic mass is 9.99. The van der Waals surface area contributed by atoms with Gasteiger partial charge in [-0.2, -0.15) is 0 Å². The molecule has 1 aliphatic heterocycles. The van der Waals surface area contributed by atoms with Crippen molar-refractivity contribution in [3.8, 4) is 11.8 Å². The van der Waals surface area contributed by atoms with Crippen LogP contribution in [0.25, 0.3) is 0 Å². The number of aliphatic hydroxyl groups excluding tert-OH is 1. The van der Waals surface area contributed by atoms with Crippen molar-refractivity contribution in [3.63, 3.8) is 0 Å². The Morgan fingerprint density at radius 2 is 2.38 bits per heavy atom. The van der Waals surface area contributed by atoms with Crippen LogP contribution in [-0.4, -0.2) is 48.2 Å². The lowest BCUT2D eigenvalue weighted by Gasteiger charge is -2.35. The minimum absolute atomic E-state index is 0.0121. The minimum atomic E-state index is -0.160. The third-order valence-corrected chi connectivity index (χ3v) is 5.12. The first kappa shape index (κ1) is 16.0. The summed E-state index contributed by atoms with van der Waals surface area (Å²) >= 11 is 1.39. The van der Waals surface area contributed by atoms with E-state index in [1.54, 1.807) is 0 Å². The monoisotopic (exact) mass is 306 g/mol. The molecule has 114 valence electrons. The average Bonchev–Trinajstić information content (AvgIpc) is 2.82. The first-order chi connectivity index (χ1) is 10.0. The molecular weight excluding hydrogens is 284 g/mol. The van der Waals surface area contributed by atoms with E-state index in [0.29, 0.717) is 10.9 Å². The SMILES string of the molecule is Cc1cc(C(=O)NC2CCN(C)C(C)C2)sc1C#CCO. The van der Waals surface area contributed by atoms with Crippen molar-refractivity contribution in [1.29, 1.82) is 0 Å². The molecule has 1 aromatic heterocycles. The van der Waals surface area contributed by atoms with Crippen LogP contribution >= 0.6 is 11.3 Å². The Kier molecular flexibility index (Phi) is 5.40. The fourth-order valence-corrected chi connectivity index (χ4v) is 3.47. The van der Waals surface area contributed by atoms with Crippen LogP contribution in [0.2, 0.25) is 0 Å². The quantitative estimate of drug-likeness (QED) is 0.816. The van der Waals surface area contributed by atoms with Crippen LogP contribution < -0.4 is 5.32 Å². The van der Waals surface area contributed by atoms with E-state index in [1.807, 2.05) is 13.0 Å². The molecule has 1 fully saturated rings. The van der Waals surface area contributed by atoms with Crippen LogP contribution in [0.4, 0.5) is 0 Å². The standard InChI is InChI=1S/C16H22N2O2S/c1-11-9-15(21-14(11)5-4-8-19)16(20)17-13-6-7-18(3)12(2)10-13/h9,12-13,19H,6-8,10H2,1-3H3,(H,17,20). The van der Waals surface area contributed by atoms with Gasteiger partial charge in [-0.3, -0.25) is 4.79 Å². The minimum Gasteiger partial charge on any atom is -0.384 e. The number of amides is 1. The molecule has 4 nitrogen and oxygen atoms in total. The number of aryl methyl sites for hydroxylation is 1. The molecule has 1 saturated heterocycles. The molecule has 2 N–H and O–H groups in total. The second-order valence-corrected chi connectivity index (χ2v) is 6.66. The van der Waals surface area contributed by atoms with Crippen LogP contribution in [0.5, 0.6) is 0 Å². The number of nitrogens with one attached hydrogen (secondary N) is 1. The van der Waals surface area contributed by atoms with Crippen LogP contribution in [0.15, 0.2) is 6.07 Å². The molecule has 0 aromatic carbocycles. The molecule has 2 rings (SSSR count). The Labute approximate surface area is 130 Å². The number of hydrogen-bond acceptors (Lipinski definition) is 4. The van der Waals surface area contributed by atoms with Crippen LogP contribution in [0, 0.1) is 18.8 Å². The van der Waals surface area contributed by atoms with Gasteiger partial charge in [0.25, 0.3) is 5.91 Å². The van der Waals surface area contributed by atoms with Crippen molar-refractivity contribution in [3.05, 3.63) is 21.4 Å². The Balaban J connectivity index is 2.01. The fraction of sp³-hybridized carbons (Fsp3) is 0.562. The summed E-state index contributed by atoms with van der Waals surface area (Å²) in [5.74, 6) is 5.50. The normalized spacial score (nSPS) is 22.5. The van der Waals surface area contributed by atoms with Crippen LogP contribution in [0.3, 0.4) is 0 Å². The predicted molar refractivity (Wildman–Crippen MR) is 85.6 cm³/mol. The Morgan fingerprint density at radius 1 is 1.62 bits per heavy atom. The summed E-state index contributed by atoms with van der Waals surface area (Å²) < 4.78 is 0. The number of carbonyl (C=O) groups excluding carboxylic acids is 1. The molecule has 1 aliphatic rings. The molecule has 2 atom stereocenters. The summed E-state index contributed by atoms with van der Waals surface area (Å²) in [5.41, 5.74) is 0.989. The second-order valence-electron chi connectivity index (χ2n) is 5.61. The zero-order valence-corrected chi connectivity index (χ0v) is 13.6. The summed E-state index contributed by atoms with van der Waals surface area (Å²) in [4.78, 5) is 16.2. The fourth-order valence-electron chi connectivity index (χ4n) is 2.51. The van der Waals surface area contributed by atoms with E-state index in [9.17, 15) is 4.79 Å². The predicted octanol–water partition coefficient (Wildman–Crippen LogP) is 1.61. The number of thiophene rings is 1. The van der Waals surface area contributed by atoms with Gasteiger partial charge in [-0.25, -0.2) is 0 Å². The molecule has 0 radical (unpaired) electrons. The molecule has 2 heterocycles. The maximum atomic E-state index is 12.3. The molecule has 0 aliphatic carbocycles. The van der Waals surface area contributed by atoms with Crippen molar-refractivity contribution >= 4 is 17.2 Å². The largest absolute Gasteiger partial charge is 0.384 e. The number of likely N-dealkylation sites (tertiary alicyclic amines) is 1. The van der Waals surface area contributed by atoms with Gasteiger partial charge in [0.05, 0.1) is 9.75 Å². The molecule has 0 bridgehead atoms. The van der Waals surface area contributed by atoms with Crippen molar-refractivity contribution < 1.29 is 9.90 Å². The molecule has 0 spiro atoms. The number of carbonyl (C=O) groups is 1. The van der Waals surface area contributed by atoms with Gasteiger partial charge in [0.15, 0.2) is 0 Å². The molecule has 0 saturated carbocycles. The maximum Gasteiger partial charge on any atom is 0.261 e. The molecule has 21 heavy (non-hydrogen) atoms. The highest BCUT2D eigenvalue weighted by Gasteiger charge is 2.24. The Bertz CT molecular complexity index is 571. The third kappa shape index (κ3) is 4.07. The second kappa shape index (κ2) is 7.08. The molecule has 1 amide bonds. The summed E-state index contributed by atoms with van der Waals surface area (Å²) in [5, 5.41) is 11.9. The van der Waals surface area contributed by atoms with E-state index in [-0.39, 0.29) is 18.6 Å². The molecule has 1 aromatic rings. The number of piperidine rings is 1. The molecule has 5 heteroatoms. The van der Waals surface area contributed by atoms with Gasteiger partial charge < -0.3 is 15.3 Å². The van der Waals surface area contributed by atoms with Crippen molar-refractivity contribution in [2.75, 3.05) is 20.2 Å². The van der Waals surface area contributed by atoms with Gasteiger partial charge in [-0.15, -0.1) is 11.3 Å². The van der Waals surface area contributed by atoms with Gasteiger partial charge in [0.2, 0.25) is 0 Å². The average molecular weight is 306 g/mol. The zero-order chi connectivity index (χ0) is 15.4. The van der Waals surface area contributed by atoms with E-state index in [4.69, 9.17) is 5.11 Å². The van der Waals surface area contributed by atoms with E-state index in [0.717, 1.165) is 29.8 Å². The maximum absolute atomic E-state index is 12.3. The lowest BCUT2D eigenvalue weighted by Crippen LogP contribution is -2.47. The summed E-state index contributed by atoms with van der Waals surface area (Å²) in [6, 6.07) is 2.62. The van der Waals surface area contributed by atoms with E-state index >= 15 is 0 Å². The first-order valence-corrected chi connectivity index (χ1v) is 8.04. The molecule has 2 unspecified atom stereocenters. The number of nitrogens with zero attached hydrogens (tertiary/aromatic N) is 1. The Hall–Kier alpha value is -1.35. The smallest absolute Gasteiger partial charge is 0.261 e. The Morgan fingerprint density at radius 3 is 3.05 bits per heavy atom. The topological polar surface area (TPSA) is 52.6 Å². The lowest BCUT2D eigenvalue weighted by molar-refractivity contribution is 0.0900. The van der Waals surface area contributed by atoms with E-state index in [1.165, 1.54) is 11.3 Å². The van der Waals surface area contributed by atoms with Gasteiger partial charge >= 0.3 is 0 Å². The van der Waals surface area contributed by atoms with Crippen LogP contribution in [0.1, 0.15) is 39.9 Å². The summed E-state index contributed by atoms with van der Waals surface area (Å²) in [7, 11) is 2.12. The highest BCUT2D eigenvalue weighted by Crippen LogP contribution is 2.22. The van der Waals surface area contributed by atoms with E-state index in [2.05, 4.69) is 36.0 Å². The van der Waals surface area contributed by atoms with Crippen molar-refractivity contribution in [2.45, 2.75) is 38.8 Å². The first-order valence-electron chi connectivity index (χ1n) is 7.22. The van der Waals surface area contributed by atoms with Crippen molar-refractivity contribution in [2.24, 2.45) is 0 Å². The van der Waals surface area contributed by atoms with E-state index < -0.39 is 0 Å². The van der Waals surface area contributed by atoms with Gasteiger partial charge in [-0.05, 0) is 45.4 Å². The molecular formula is C16H22N2O2S. The highest BCUT2D eigenvalue weighted by molar-refractivity contribution is 7.14. The third-order valence-electron chi connectivity index (χ3n) is 3.97. The number of aliphatic hydroxyl groups is 1. The number of hydrogen-bond donors (Lipinski definition) is 2. The highest BCUT2D eigenvalue weighted by atomic mass is 32.1. The summed E-state index contributed by atoms with van der Waals surface area (Å²) in [6.45, 7) is 4.98. The summed E-state index contributed by atoms with van der Waals surface area (Å²) in [6.07, 6.45) is 1.98. The zero-order valence-electron chi connectivity index (χ0n) is 12.8.